The fourth-order valence-electron chi connectivity index (χ4n) is 2.59. The van der Waals surface area contributed by atoms with Gasteiger partial charge in [0.1, 0.15) is 5.82 Å². The van der Waals surface area contributed by atoms with Crippen LogP contribution in [0.3, 0.4) is 0 Å². The van der Waals surface area contributed by atoms with Gasteiger partial charge in [0.15, 0.2) is 11.5 Å². The number of hydrogen-bond acceptors (Lipinski definition) is 4. The average molecular weight is 336 g/mol. The van der Waals surface area contributed by atoms with Gasteiger partial charge in [-0.15, -0.1) is 0 Å². The molecule has 24 heavy (non-hydrogen) atoms. The Morgan fingerprint density at radius 1 is 1.00 bits per heavy atom. The maximum Gasteiger partial charge on any atom is 0.186 e. The monoisotopic (exact) mass is 335 g/mol. The fourth-order valence-corrected chi connectivity index (χ4v) is 2.81. The van der Waals surface area contributed by atoms with Crippen LogP contribution in [-0.2, 0) is 6.54 Å². The standard InChI is InChI=1S/C18H14ClN5/c19-14-8-4-5-12(9-14)10-24-11-15-16(20)21-17(22-18(15)23-24)13-6-2-1-3-7-13/h1-9,11H,10H2,(H2,20,21,22,23). The van der Waals surface area contributed by atoms with Gasteiger partial charge in [-0.05, 0) is 17.7 Å². The molecule has 0 saturated carbocycles. The van der Waals surface area contributed by atoms with E-state index < -0.39 is 0 Å². The second-order valence-corrected chi connectivity index (χ2v) is 5.93. The van der Waals surface area contributed by atoms with Crippen molar-refractivity contribution in [3.63, 3.8) is 0 Å². The lowest BCUT2D eigenvalue weighted by molar-refractivity contribution is 0.693. The van der Waals surface area contributed by atoms with E-state index in [2.05, 4.69) is 15.1 Å². The summed E-state index contributed by atoms with van der Waals surface area (Å²) in [5.74, 6) is 1.00. The Morgan fingerprint density at radius 3 is 2.62 bits per heavy atom. The van der Waals surface area contributed by atoms with Gasteiger partial charge >= 0.3 is 0 Å². The highest BCUT2D eigenvalue weighted by Gasteiger charge is 2.11. The number of nitrogen functional groups attached to an aromatic ring is 1. The van der Waals surface area contributed by atoms with E-state index in [0.29, 0.717) is 28.9 Å². The van der Waals surface area contributed by atoms with Gasteiger partial charge in [-0.25, -0.2) is 9.97 Å². The molecule has 5 nitrogen and oxygen atoms in total. The molecule has 118 valence electrons. The molecule has 2 heterocycles. The number of hydrogen-bond donors (Lipinski definition) is 1. The zero-order valence-corrected chi connectivity index (χ0v) is 13.5. The second kappa shape index (κ2) is 5.94. The van der Waals surface area contributed by atoms with Crippen LogP contribution in [0.15, 0.2) is 60.8 Å². The van der Waals surface area contributed by atoms with Gasteiger partial charge in [-0.1, -0.05) is 54.1 Å². The lowest BCUT2D eigenvalue weighted by atomic mass is 10.2. The van der Waals surface area contributed by atoms with Gasteiger partial charge in [0.2, 0.25) is 0 Å². The molecule has 0 radical (unpaired) electrons. The van der Waals surface area contributed by atoms with Crippen molar-refractivity contribution in [2.45, 2.75) is 6.54 Å². The number of fused-ring (bicyclic) bond motifs is 1. The van der Waals surface area contributed by atoms with E-state index in [1.807, 2.05) is 60.8 Å². The highest BCUT2D eigenvalue weighted by molar-refractivity contribution is 6.30. The van der Waals surface area contributed by atoms with Crippen molar-refractivity contribution in [2.75, 3.05) is 5.73 Å². The molecule has 0 fully saturated rings. The molecule has 0 spiro atoms. The summed E-state index contributed by atoms with van der Waals surface area (Å²) in [7, 11) is 0. The zero-order valence-electron chi connectivity index (χ0n) is 12.7. The number of halogens is 1. The van der Waals surface area contributed by atoms with E-state index in [4.69, 9.17) is 17.3 Å². The van der Waals surface area contributed by atoms with E-state index in [0.717, 1.165) is 16.5 Å². The summed E-state index contributed by atoms with van der Waals surface area (Å²) in [5.41, 5.74) is 8.66. The molecule has 0 saturated heterocycles. The molecule has 6 heteroatoms. The highest BCUT2D eigenvalue weighted by Crippen LogP contribution is 2.22. The number of benzene rings is 2. The van der Waals surface area contributed by atoms with E-state index in [-0.39, 0.29) is 0 Å². The minimum Gasteiger partial charge on any atom is -0.383 e. The van der Waals surface area contributed by atoms with Gasteiger partial charge in [-0.2, -0.15) is 5.10 Å². The first-order valence-electron chi connectivity index (χ1n) is 7.49. The third kappa shape index (κ3) is 2.81. The number of anilines is 1. The molecular weight excluding hydrogens is 322 g/mol. The van der Waals surface area contributed by atoms with Crippen LogP contribution in [0, 0.1) is 0 Å². The van der Waals surface area contributed by atoms with Crippen molar-refractivity contribution < 1.29 is 0 Å². The summed E-state index contributed by atoms with van der Waals surface area (Å²) in [5, 5.41) is 5.98. The minimum absolute atomic E-state index is 0.427. The summed E-state index contributed by atoms with van der Waals surface area (Å²) in [4.78, 5) is 8.94. The Morgan fingerprint density at radius 2 is 1.83 bits per heavy atom. The Labute approximate surface area is 143 Å². The van der Waals surface area contributed by atoms with Crippen LogP contribution < -0.4 is 5.73 Å². The molecule has 4 aromatic rings. The van der Waals surface area contributed by atoms with Gasteiger partial charge in [0.05, 0.1) is 11.9 Å². The quantitative estimate of drug-likeness (QED) is 0.618. The molecule has 0 bridgehead atoms. The van der Waals surface area contributed by atoms with Crippen LogP contribution in [0.25, 0.3) is 22.4 Å². The maximum absolute atomic E-state index is 6.10. The van der Waals surface area contributed by atoms with Crippen LogP contribution >= 0.6 is 11.6 Å². The third-order valence-electron chi connectivity index (χ3n) is 3.72. The topological polar surface area (TPSA) is 69.6 Å². The average Bonchev–Trinajstić information content (AvgIpc) is 2.99. The molecule has 4 rings (SSSR count). The summed E-state index contributed by atoms with van der Waals surface area (Å²) in [6.07, 6.45) is 1.86. The van der Waals surface area contributed by atoms with Gasteiger partial charge in [0.25, 0.3) is 0 Å². The van der Waals surface area contributed by atoms with Crippen LogP contribution in [0.2, 0.25) is 5.02 Å². The number of rotatable bonds is 3. The van der Waals surface area contributed by atoms with Crippen molar-refractivity contribution in [3.05, 3.63) is 71.4 Å². The highest BCUT2D eigenvalue weighted by atomic mass is 35.5. The van der Waals surface area contributed by atoms with E-state index in [9.17, 15) is 0 Å². The first kappa shape index (κ1) is 14.7. The zero-order chi connectivity index (χ0) is 16.5. The minimum atomic E-state index is 0.427. The van der Waals surface area contributed by atoms with Crippen molar-refractivity contribution >= 4 is 28.5 Å². The van der Waals surface area contributed by atoms with Gasteiger partial charge < -0.3 is 5.73 Å². The summed E-state index contributed by atoms with van der Waals surface area (Å²) in [6, 6.07) is 17.4. The maximum atomic E-state index is 6.10. The van der Waals surface area contributed by atoms with E-state index in [1.54, 1.807) is 4.68 Å². The molecule has 0 aliphatic heterocycles. The van der Waals surface area contributed by atoms with Crippen LogP contribution in [0.1, 0.15) is 5.56 Å². The lowest BCUT2D eigenvalue weighted by Crippen LogP contribution is -2.00. The largest absolute Gasteiger partial charge is 0.383 e. The predicted molar refractivity (Wildman–Crippen MR) is 95.7 cm³/mol. The molecule has 0 unspecified atom stereocenters. The Bertz CT molecular complexity index is 1010. The smallest absolute Gasteiger partial charge is 0.186 e. The van der Waals surface area contributed by atoms with Crippen molar-refractivity contribution in [3.8, 4) is 11.4 Å². The first-order valence-corrected chi connectivity index (χ1v) is 7.87. The third-order valence-corrected chi connectivity index (χ3v) is 3.96. The van der Waals surface area contributed by atoms with E-state index >= 15 is 0 Å². The van der Waals surface area contributed by atoms with Gasteiger partial charge in [0, 0.05) is 16.8 Å². The molecule has 2 aromatic heterocycles. The molecule has 0 aliphatic rings. The summed E-state index contributed by atoms with van der Waals surface area (Å²) < 4.78 is 1.80. The molecule has 2 N–H and O–H groups in total. The second-order valence-electron chi connectivity index (χ2n) is 5.49. The SMILES string of the molecule is Nc1nc(-c2ccccc2)nc2nn(Cc3cccc(Cl)c3)cc12. The molecule has 2 aromatic carbocycles. The number of aromatic nitrogens is 4. The van der Waals surface area contributed by atoms with Crippen LogP contribution in [0.5, 0.6) is 0 Å². The van der Waals surface area contributed by atoms with Crippen molar-refractivity contribution in [2.24, 2.45) is 0 Å². The fraction of sp³-hybridized carbons (Fsp3) is 0.0556. The van der Waals surface area contributed by atoms with Gasteiger partial charge in [-0.3, -0.25) is 4.68 Å². The van der Waals surface area contributed by atoms with Crippen LogP contribution in [-0.4, -0.2) is 19.7 Å². The number of nitrogens with zero attached hydrogens (tertiary/aromatic N) is 4. The Kier molecular flexibility index (Phi) is 3.63. The first-order chi connectivity index (χ1) is 11.7. The number of nitrogens with two attached hydrogens (primary N) is 1. The van der Waals surface area contributed by atoms with Crippen molar-refractivity contribution in [1.29, 1.82) is 0 Å². The summed E-state index contributed by atoms with van der Waals surface area (Å²) in [6.45, 7) is 0.594. The molecule has 0 atom stereocenters. The summed E-state index contributed by atoms with van der Waals surface area (Å²) >= 11 is 6.03. The molecule has 0 amide bonds. The normalized spacial score (nSPS) is 11.0. The van der Waals surface area contributed by atoms with Crippen LogP contribution in [0.4, 0.5) is 5.82 Å². The molecular formula is C18H14ClN5. The Hall–Kier alpha value is -2.92. The predicted octanol–water partition coefficient (Wildman–Crippen LogP) is 3.78. The lowest BCUT2D eigenvalue weighted by Gasteiger charge is -2.01. The van der Waals surface area contributed by atoms with E-state index in [1.165, 1.54) is 0 Å². The Balaban J connectivity index is 1.74. The van der Waals surface area contributed by atoms with Crippen molar-refractivity contribution in [1.82, 2.24) is 19.7 Å². The molecule has 0 aliphatic carbocycles.